The Balaban J connectivity index is 2.07. The SMILES string of the molecule is COc1ccc(Br)c(NCc2ccc(C#N)cc2)c1. The summed E-state index contributed by atoms with van der Waals surface area (Å²) in [5.74, 6) is 0.811. The summed E-state index contributed by atoms with van der Waals surface area (Å²) in [6.07, 6.45) is 0. The number of anilines is 1. The molecule has 0 bridgehead atoms. The molecule has 0 fully saturated rings. The molecule has 2 aromatic carbocycles. The van der Waals surface area contributed by atoms with Gasteiger partial charge in [0, 0.05) is 17.1 Å². The summed E-state index contributed by atoms with van der Waals surface area (Å²) >= 11 is 3.49. The first kappa shape index (κ1) is 13.4. The van der Waals surface area contributed by atoms with Gasteiger partial charge in [-0.2, -0.15) is 5.26 Å². The highest BCUT2D eigenvalue weighted by Gasteiger charge is 2.02. The van der Waals surface area contributed by atoms with Gasteiger partial charge in [0.25, 0.3) is 0 Å². The van der Waals surface area contributed by atoms with Crippen molar-refractivity contribution in [2.75, 3.05) is 12.4 Å². The first-order valence-corrected chi connectivity index (χ1v) is 6.58. The molecule has 19 heavy (non-hydrogen) atoms. The minimum Gasteiger partial charge on any atom is -0.497 e. The van der Waals surface area contributed by atoms with Crippen molar-refractivity contribution < 1.29 is 4.74 Å². The summed E-state index contributed by atoms with van der Waals surface area (Å²) in [7, 11) is 1.65. The average molecular weight is 317 g/mol. The average Bonchev–Trinajstić information content (AvgIpc) is 2.47. The van der Waals surface area contributed by atoms with E-state index in [-0.39, 0.29) is 0 Å². The third-order valence-electron chi connectivity index (χ3n) is 2.74. The van der Waals surface area contributed by atoms with E-state index in [1.807, 2.05) is 42.5 Å². The van der Waals surface area contributed by atoms with Crippen LogP contribution in [0.3, 0.4) is 0 Å². The Morgan fingerprint density at radius 3 is 2.58 bits per heavy atom. The van der Waals surface area contributed by atoms with E-state index in [0.717, 1.165) is 21.5 Å². The summed E-state index contributed by atoms with van der Waals surface area (Å²) in [6.45, 7) is 0.692. The molecule has 2 aromatic rings. The number of benzene rings is 2. The Morgan fingerprint density at radius 2 is 1.95 bits per heavy atom. The van der Waals surface area contributed by atoms with Gasteiger partial charge in [0.05, 0.1) is 24.4 Å². The highest BCUT2D eigenvalue weighted by atomic mass is 79.9. The largest absolute Gasteiger partial charge is 0.497 e. The fraction of sp³-hybridized carbons (Fsp3) is 0.133. The second kappa shape index (κ2) is 6.26. The van der Waals surface area contributed by atoms with Gasteiger partial charge in [0.1, 0.15) is 5.75 Å². The van der Waals surface area contributed by atoms with E-state index >= 15 is 0 Å². The van der Waals surface area contributed by atoms with Crippen LogP contribution >= 0.6 is 15.9 Å². The van der Waals surface area contributed by atoms with E-state index in [4.69, 9.17) is 10.00 Å². The molecule has 0 unspecified atom stereocenters. The van der Waals surface area contributed by atoms with Crippen molar-refractivity contribution in [2.45, 2.75) is 6.54 Å². The summed E-state index contributed by atoms with van der Waals surface area (Å²) in [6, 6.07) is 15.4. The first-order valence-electron chi connectivity index (χ1n) is 5.79. The topological polar surface area (TPSA) is 45.0 Å². The molecule has 0 amide bonds. The number of methoxy groups -OCH3 is 1. The van der Waals surface area contributed by atoms with Crippen LogP contribution in [0.2, 0.25) is 0 Å². The zero-order valence-corrected chi connectivity index (χ0v) is 12.1. The van der Waals surface area contributed by atoms with Gasteiger partial charge in [0.2, 0.25) is 0 Å². The fourth-order valence-electron chi connectivity index (χ4n) is 1.66. The highest BCUT2D eigenvalue weighted by molar-refractivity contribution is 9.10. The molecule has 0 radical (unpaired) electrons. The number of nitriles is 1. The molecule has 4 heteroatoms. The Bertz CT molecular complexity index is 603. The third-order valence-corrected chi connectivity index (χ3v) is 3.43. The molecule has 2 rings (SSSR count). The van der Waals surface area contributed by atoms with Gasteiger partial charge in [-0.1, -0.05) is 12.1 Å². The van der Waals surface area contributed by atoms with Crippen LogP contribution < -0.4 is 10.1 Å². The standard InChI is InChI=1S/C15H13BrN2O/c1-19-13-6-7-14(16)15(8-13)18-10-12-4-2-11(9-17)3-5-12/h2-8,18H,10H2,1H3. The molecular formula is C15H13BrN2O. The Morgan fingerprint density at radius 1 is 1.21 bits per heavy atom. The van der Waals surface area contributed by atoms with Crippen LogP contribution in [0.1, 0.15) is 11.1 Å². The van der Waals surface area contributed by atoms with E-state index in [9.17, 15) is 0 Å². The molecule has 0 aliphatic carbocycles. The number of nitrogens with zero attached hydrogens (tertiary/aromatic N) is 1. The van der Waals surface area contributed by atoms with Crippen molar-refractivity contribution in [1.82, 2.24) is 0 Å². The van der Waals surface area contributed by atoms with Gasteiger partial charge in [-0.15, -0.1) is 0 Å². The second-order valence-corrected chi connectivity index (χ2v) is 4.86. The summed E-state index contributed by atoms with van der Waals surface area (Å²) in [5.41, 5.74) is 2.77. The van der Waals surface area contributed by atoms with Crippen molar-refractivity contribution >= 4 is 21.6 Å². The maximum atomic E-state index is 8.74. The first-order chi connectivity index (χ1) is 9.22. The molecular weight excluding hydrogens is 304 g/mol. The van der Waals surface area contributed by atoms with Gasteiger partial charge < -0.3 is 10.1 Å². The lowest BCUT2D eigenvalue weighted by Gasteiger charge is -2.10. The van der Waals surface area contributed by atoms with E-state index in [2.05, 4.69) is 27.3 Å². The fourth-order valence-corrected chi connectivity index (χ4v) is 2.05. The molecule has 0 aliphatic rings. The van der Waals surface area contributed by atoms with E-state index in [1.165, 1.54) is 0 Å². The Labute approximate surface area is 121 Å². The number of halogens is 1. The maximum absolute atomic E-state index is 8.74. The smallest absolute Gasteiger partial charge is 0.121 e. The van der Waals surface area contributed by atoms with Crippen molar-refractivity contribution in [1.29, 1.82) is 5.26 Å². The van der Waals surface area contributed by atoms with Crippen molar-refractivity contribution in [3.63, 3.8) is 0 Å². The molecule has 0 aliphatic heterocycles. The summed E-state index contributed by atoms with van der Waals surface area (Å²) in [4.78, 5) is 0. The Hall–Kier alpha value is -1.99. The molecule has 96 valence electrons. The molecule has 1 N–H and O–H groups in total. The molecule has 3 nitrogen and oxygen atoms in total. The molecule has 0 spiro atoms. The number of hydrogen-bond acceptors (Lipinski definition) is 3. The molecule has 0 saturated carbocycles. The second-order valence-electron chi connectivity index (χ2n) is 4.01. The zero-order chi connectivity index (χ0) is 13.7. The molecule has 0 atom stereocenters. The maximum Gasteiger partial charge on any atom is 0.121 e. The lowest BCUT2D eigenvalue weighted by molar-refractivity contribution is 0.415. The van der Waals surface area contributed by atoms with E-state index in [1.54, 1.807) is 7.11 Å². The lowest BCUT2D eigenvalue weighted by Crippen LogP contribution is -2.00. The number of rotatable bonds is 4. The van der Waals surface area contributed by atoms with Crippen molar-refractivity contribution in [2.24, 2.45) is 0 Å². The summed E-state index contributed by atoms with van der Waals surface area (Å²) in [5, 5.41) is 12.1. The van der Waals surface area contributed by atoms with Crippen LogP contribution in [0.5, 0.6) is 5.75 Å². The lowest BCUT2D eigenvalue weighted by atomic mass is 10.1. The highest BCUT2D eigenvalue weighted by Crippen LogP contribution is 2.27. The predicted molar refractivity (Wildman–Crippen MR) is 79.2 cm³/mol. The quantitative estimate of drug-likeness (QED) is 0.929. The molecule has 0 aromatic heterocycles. The van der Waals surface area contributed by atoms with Gasteiger partial charge in [-0.25, -0.2) is 0 Å². The predicted octanol–water partition coefficient (Wildman–Crippen LogP) is 3.94. The van der Waals surface area contributed by atoms with Crippen LogP contribution in [0.25, 0.3) is 0 Å². The zero-order valence-electron chi connectivity index (χ0n) is 10.5. The van der Waals surface area contributed by atoms with Gasteiger partial charge in [0.15, 0.2) is 0 Å². The third kappa shape index (κ3) is 3.49. The van der Waals surface area contributed by atoms with Crippen molar-refractivity contribution in [3.05, 3.63) is 58.1 Å². The van der Waals surface area contributed by atoms with E-state index in [0.29, 0.717) is 12.1 Å². The van der Waals surface area contributed by atoms with Gasteiger partial charge >= 0.3 is 0 Å². The normalized spacial score (nSPS) is 9.74. The number of hydrogen-bond donors (Lipinski definition) is 1. The Kier molecular flexibility index (Phi) is 4.43. The number of ether oxygens (including phenoxy) is 1. The van der Waals surface area contributed by atoms with Crippen LogP contribution in [0.15, 0.2) is 46.9 Å². The molecule has 0 saturated heterocycles. The monoisotopic (exact) mass is 316 g/mol. The van der Waals surface area contributed by atoms with Crippen LogP contribution in [0.4, 0.5) is 5.69 Å². The van der Waals surface area contributed by atoms with Crippen molar-refractivity contribution in [3.8, 4) is 11.8 Å². The van der Waals surface area contributed by atoms with Crippen LogP contribution in [-0.4, -0.2) is 7.11 Å². The minimum absolute atomic E-state index is 0.673. The summed E-state index contributed by atoms with van der Waals surface area (Å²) < 4.78 is 6.18. The van der Waals surface area contributed by atoms with Gasteiger partial charge in [-0.05, 0) is 45.8 Å². The van der Waals surface area contributed by atoms with Crippen LogP contribution in [-0.2, 0) is 6.54 Å². The van der Waals surface area contributed by atoms with Gasteiger partial charge in [-0.3, -0.25) is 0 Å². The molecule has 0 heterocycles. The minimum atomic E-state index is 0.673. The van der Waals surface area contributed by atoms with E-state index < -0.39 is 0 Å². The van der Waals surface area contributed by atoms with Crippen LogP contribution in [0, 0.1) is 11.3 Å². The number of nitrogens with one attached hydrogen (secondary N) is 1.